The van der Waals surface area contributed by atoms with E-state index < -0.39 is 17.8 Å². The summed E-state index contributed by atoms with van der Waals surface area (Å²) in [6, 6.07) is 0. The van der Waals surface area contributed by atoms with Crippen LogP contribution in [0.1, 0.15) is 40.0 Å². The maximum atomic E-state index is 13.9. The van der Waals surface area contributed by atoms with Crippen LogP contribution in [0.25, 0.3) is 11.2 Å². The molecule has 0 aliphatic carbocycles. The lowest BCUT2D eigenvalue weighted by Gasteiger charge is -2.19. The van der Waals surface area contributed by atoms with Crippen molar-refractivity contribution in [3.05, 3.63) is 18.6 Å². The number of imidazole rings is 1. The molecule has 11 nitrogen and oxygen atoms in total. The van der Waals surface area contributed by atoms with Crippen LogP contribution in [0, 0.1) is 6.08 Å². The van der Waals surface area contributed by atoms with Crippen molar-refractivity contribution in [1.29, 1.82) is 0 Å². The second-order valence-corrected chi connectivity index (χ2v) is 8.30. The Morgan fingerprint density at radius 3 is 2.72 bits per heavy atom. The highest BCUT2D eigenvalue weighted by molar-refractivity contribution is 5.85. The van der Waals surface area contributed by atoms with Crippen LogP contribution in [0.15, 0.2) is 12.5 Å². The number of alkyl carbamates (subject to hydrolysis) is 1. The summed E-state index contributed by atoms with van der Waals surface area (Å²) in [4.78, 5) is 23.5. The molecule has 0 aromatic carbocycles. The number of fused-ring (bicyclic) bond motifs is 1. The molecular weight excluding hydrogens is 419 g/mol. The zero-order chi connectivity index (χ0) is 23.3. The molecule has 0 unspecified atom stereocenters. The average Bonchev–Trinajstić information content (AvgIpc) is 3.26. The van der Waals surface area contributed by atoms with Gasteiger partial charge in [-0.1, -0.05) is 0 Å². The number of aromatic nitrogens is 6. The summed E-state index contributed by atoms with van der Waals surface area (Å²) < 4.78 is 27.8. The van der Waals surface area contributed by atoms with Crippen molar-refractivity contribution in [1.82, 2.24) is 34.6 Å². The minimum Gasteiger partial charge on any atom is -0.478 e. The number of anilines is 2. The van der Waals surface area contributed by atoms with Gasteiger partial charge in [-0.25, -0.2) is 9.78 Å². The van der Waals surface area contributed by atoms with E-state index in [2.05, 4.69) is 30.7 Å². The zero-order valence-corrected chi connectivity index (χ0v) is 19.0. The number of nitrogens with one attached hydrogen (secondary N) is 2. The summed E-state index contributed by atoms with van der Waals surface area (Å²) >= 11 is 0. The van der Waals surface area contributed by atoms with E-state index in [9.17, 15) is 9.18 Å². The molecule has 0 aliphatic heterocycles. The minimum absolute atomic E-state index is 0.235. The van der Waals surface area contributed by atoms with E-state index in [-0.39, 0.29) is 5.82 Å². The fourth-order valence-corrected chi connectivity index (χ4v) is 3.03. The molecule has 0 atom stereocenters. The van der Waals surface area contributed by atoms with Crippen molar-refractivity contribution in [2.45, 2.75) is 52.2 Å². The molecule has 3 aromatic rings. The Kier molecular flexibility index (Phi) is 7.11. The number of aryl methyl sites for hydroxylation is 2. The number of ether oxygens (including phenoxy) is 2. The van der Waals surface area contributed by atoms with Gasteiger partial charge in [-0.2, -0.15) is 14.4 Å². The topological polar surface area (TPSA) is 121 Å². The van der Waals surface area contributed by atoms with Crippen LogP contribution in [-0.2, 0) is 18.3 Å². The van der Waals surface area contributed by atoms with Gasteiger partial charge in [0.2, 0.25) is 0 Å². The van der Waals surface area contributed by atoms with Crippen LogP contribution >= 0.6 is 0 Å². The monoisotopic (exact) mass is 448 g/mol. The van der Waals surface area contributed by atoms with Crippen LogP contribution in [0.3, 0.4) is 0 Å². The smallest absolute Gasteiger partial charge is 0.407 e. The van der Waals surface area contributed by atoms with Crippen LogP contribution in [0.4, 0.5) is 20.7 Å². The number of halogens is 1. The normalized spacial score (nSPS) is 11.6. The third kappa shape index (κ3) is 6.05. The van der Waals surface area contributed by atoms with Crippen LogP contribution < -0.4 is 15.4 Å². The Balaban J connectivity index is 1.53. The van der Waals surface area contributed by atoms with E-state index in [0.29, 0.717) is 35.8 Å². The lowest BCUT2D eigenvalue weighted by Crippen LogP contribution is -2.33. The molecule has 0 aliphatic rings. The molecule has 0 bridgehead atoms. The minimum atomic E-state index is -0.852. The van der Waals surface area contributed by atoms with Crippen LogP contribution in [0.2, 0.25) is 0 Å². The molecule has 0 saturated heterocycles. The maximum absolute atomic E-state index is 13.9. The fraction of sp³-hybridized carbons (Fsp3) is 0.550. The predicted octanol–water partition coefficient (Wildman–Crippen LogP) is 3.15. The van der Waals surface area contributed by atoms with E-state index in [1.54, 1.807) is 28.8 Å². The van der Waals surface area contributed by atoms with Gasteiger partial charge in [-0.15, -0.1) is 5.10 Å². The van der Waals surface area contributed by atoms with Crippen LogP contribution in [-0.4, -0.2) is 54.6 Å². The number of carbonyl (C=O) groups excluding carboxylic acids is 1. The summed E-state index contributed by atoms with van der Waals surface area (Å²) in [5.41, 5.74) is 0.867. The molecule has 0 saturated carbocycles. The maximum Gasteiger partial charge on any atom is 0.407 e. The van der Waals surface area contributed by atoms with Gasteiger partial charge in [-0.3, -0.25) is 4.68 Å². The summed E-state index contributed by atoms with van der Waals surface area (Å²) in [6.45, 7) is 6.68. The number of methoxy groups -OCH3 is 1. The number of hydrogen-bond acceptors (Lipinski definition) is 8. The number of carbonyl (C=O) groups is 1. The molecule has 0 spiro atoms. The Labute approximate surface area is 185 Å². The lowest BCUT2D eigenvalue weighted by atomic mass is 10.2. The van der Waals surface area contributed by atoms with Crippen molar-refractivity contribution in [2.75, 3.05) is 19.0 Å². The fourth-order valence-electron chi connectivity index (χ4n) is 3.03. The van der Waals surface area contributed by atoms with Gasteiger partial charge < -0.3 is 24.7 Å². The Morgan fingerprint density at radius 2 is 2.00 bits per heavy atom. The quantitative estimate of drug-likeness (QED) is 0.378. The first-order valence-corrected chi connectivity index (χ1v) is 10.4. The molecule has 12 heteroatoms. The van der Waals surface area contributed by atoms with E-state index in [1.165, 1.54) is 7.11 Å². The van der Waals surface area contributed by atoms with E-state index in [0.717, 1.165) is 19.3 Å². The van der Waals surface area contributed by atoms with Gasteiger partial charge in [0.1, 0.15) is 11.3 Å². The summed E-state index contributed by atoms with van der Waals surface area (Å²) in [5, 5.41) is 10.2. The SMILES string of the molecule is COc1nn(CCCCCNC(=O)OC(C)(C)C)cc1Nc1nc(F)nc2c1ncn2C. The van der Waals surface area contributed by atoms with Crippen molar-refractivity contribution in [3.63, 3.8) is 0 Å². The van der Waals surface area contributed by atoms with E-state index in [1.807, 2.05) is 20.8 Å². The largest absolute Gasteiger partial charge is 0.478 e. The van der Waals surface area contributed by atoms with E-state index in [4.69, 9.17) is 9.47 Å². The average molecular weight is 449 g/mol. The Morgan fingerprint density at radius 1 is 1.22 bits per heavy atom. The number of unbranched alkanes of at least 4 members (excludes halogenated alkanes) is 2. The molecule has 0 radical (unpaired) electrons. The standard InChI is InChI=1S/C20H29FN8O3/c1-20(2,3)32-19(30)22-9-7-6-8-10-29-11-13(17(27-29)31-5)24-15-14-16(26-18(21)25-15)28(4)12-23-14/h11-12H,6-10H2,1-5H3,(H,22,30)(H,24,25,26). The van der Waals surface area contributed by atoms with Crippen molar-refractivity contribution < 1.29 is 18.7 Å². The van der Waals surface area contributed by atoms with Gasteiger partial charge in [0.25, 0.3) is 5.88 Å². The molecule has 3 rings (SSSR count). The number of amides is 1. The molecular formula is C20H29FN8O3. The van der Waals surface area contributed by atoms with Gasteiger partial charge in [-0.05, 0) is 40.0 Å². The van der Waals surface area contributed by atoms with Crippen molar-refractivity contribution >= 4 is 28.8 Å². The first kappa shape index (κ1) is 23.2. The third-order valence-electron chi connectivity index (χ3n) is 4.44. The molecule has 3 aromatic heterocycles. The molecule has 32 heavy (non-hydrogen) atoms. The molecule has 1 amide bonds. The molecule has 3 heterocycles. The number of hydrogen-bond donors (Lipinski definition) is 2. The van der Waals surface area contributed by atoms with Gasteiger partial charge in [0, 0.05) is 20.1 Å². The second-order valence-electron chi connectivity index (χ2n) is 8.30. The molecule has 2 N–H and O–H groups in total. The highest BCUT2D eigenvalue weighted by atomic mass is 19.1. The van der Waals surface area contributed by atoms with Crippen molar-refractivity contribution in [3.8, 4) is 5.88 Å². The van der Waals surface area contributed by atoms with Gasteiger partial charge in [0.15, 0.2) is 17.0 Å². The first-order valence-electron chi connectivity index (χ1n) is 10.4. The summed E-state index contributed by atoms with van der Waals surface area (Å²) in [7, 11) is 3.24. The third-order valence-corrected chi connectivity index (χ3v) is 4.44. The van der Waals surface area contributed by atoms with Crippen molar-refractivity contribution in [2.24, 2.45) is 7.05 Å². The Hall–Kier alpha value is -3.44. The highest BCUT2D eigenvalue weighted by Gasteiger charge is 2.17. The first-order chi connectivity index (χ1) is 15.2. The van der Waals surface area contributed by atoms with E-state index >= 15 is 0 Å². The molecule has 174 valence electrons. The van der Waals surface area contributed by atoms with Gasteiger partial charge >= 0.3 is 12.2 Å². The van der Waals surface area contributed by atoms with Gasteiger partial charge in [0.05, 0.1) is 19.6 Å². The summed E-state index contributed by atoms with van der Waals surface area (Å²) in [5.74, 6) is 0.596. The lowest BCUT2D eigenvalue weighted by molar-refractivity contribution is 0.0527. The Bertz CT molecular complexity index is 1070. The van der Waals surface area contributed by atoms with Crippen LogP contribution in [0.5, 0.6) is 5.88 Å². The highest BCUT2D eigenvalue weighted by Crippen LogP contribution is 2.28. The number of rotatable bonds is 9. The zero-order valence-electron chi connectivity index (χ0n) is 19.0. The second kappa shape index (κ2) is 9.79. The summed E-state index contributed by atoms with van der Waals surface area (Å²) in [6.07, 6.45) is 4.62. The predicted molar refractivity (Wildman–Crippen MR) is 116 cm³/mol. The molecule has 0 fully saturated rings. The number of nitrogens with zero attached hydrogens (tertiary/aromatic N) is 6.